The molecule has 114 valence electrons. The number of methoxy groups -OCH3 is 1. The van der Waals surface area contributed by atoms with Crippen molar-refractivity contribution in [2.75, 3.05) is 26.9 Å². The fourth-order valence-electron chi connectivity index (χ4n) is 2.10. The molecule has 1 saturated carbocycles. The van der Waals surface area contributed by atoms with Gasteiger partial charge in [-0.15, -0.1) is 0 Å². The molecular weight excluding hydrogens is 290 g/mol. The summed E-state index contributed by atoms with van der Waals surface area (Å²) in [6, 6.07) is 6.68. The van der Waals surface area contributed by atoms with Crippen LogP contribution in [-0.4, -0.2) is 50.7 Å². The van der Waals surface area contributed by atoms with Crippen molar-refractivity contribution in [3.63, 3.8) is 0 Å². The van der Waals surface area contributed by atoms with Crippen LogP contribution in [0.3, 0.4) is 0 Å². The van der Waals surface area contributed by atoms with Gasteiger partial charge in [0.1, 0.15) is 6.61 Å². The SMILES string of the molecule is COCCN(C1CC1)S(=O)(=O)c1ccccc1C#CCO. The van der Waals surface area contributed by atoms with Crippen molar-refractivity contribution in [1.29, 1.82) is 0 Å². The van der Waals surface area contributed by atoms with Crippen LogP contribution in [0.4, 0.5) is 0 Å². The van der Waals surface area contributed by atoms with Crippen molar-refractivity contribution in [2.24, 2.45) is 0 Å². The molecule has 6 heteroatoms. The molecule has 1 N–H and O–H groups in total. The first-order valence-corrected chi connectivity index (χ1v) is 8.25. The predicted molar refractivity (Wildman–Crippen MR) is 79.2 cm³/mol. The largest absolute Gasteiger partial charge is 0.384 e. The highest BCUT2D eigenvalue weighted by atomic mass is 32.2. The van der Waals surface area contributed by atoms with Crippen LogP contribution in [0.25, 0.3) is 0 Å². The lowest BCUT2D eigenvalue weighted by Gasteiger charge is -2.22. The Balaban J connectivity index is 2.37. The van der Waals surface area contributed by atoms with E-state index in [1.807, 2.05) is 0 Å². The standard InChI is InChI=1S/C15H19NO4S/c1-20-12-10-16(14-8-9-14)21(18,19)15-7-3-2-5-13(15)6-4-11-17/h2-3,5,7,14,17H,8-12H2,1H3. The number of nitrogens with zero attached hydrogens (tertiary/aromatic N) is 1. The highest BCUT2D eigenvalue weighted by molar-refractivity contribution is 7.89. The predicted octanol–water partition coefficient (Wildman–Crippen LogP) is 0.830. The van der Waals surface area contributed by atoms with Gasteiger partial charge in [0.25, 0.3) is 0 Å². The Morgan fingerprint density at radius 2 is 2.10 bits per heavy atom. The lowest BCUT2D eigenvalue weighted by molar-refractivity contribution is 0.177. The van der Waals surface area contributed by atoms with Gasteiger partial charge in [0.2, 0.25) is 10.0 Å². The first-order valence-electron chi connectivity index (χ1n) is 6.81. The second-order valence-corrected chi connectivity index (χ2v) is 6.65. The molecule has 0 saturated heterocycles. The van der Waals surface area contributed by atoms with E-state index in [4.69, 9.17) is 9.84 Å². The summed E-state index contributed by atoms with van der Waals surface area (Å²) >= 11 is 0. The van der Waals surface area contributed by atoms with Crippen molar-refractivity contribution in [1.82, 2.24) is 4.31 Å². The number of ether oxygens (including phenoxy) is 1. The lowest BCUT2D eigenvalue weighted by atomic mass is 10.2. The fraction of sp³-hybridized carbons (Fsp3) is 0.467. The molecule has 0 heterocycles. The van der Waals surface area contributed by atoms with E-state index in [0.717, 1.165) is 12.8 Å². The topological polar surface area (TPSA) is 66.8 Å². The van der Waals surface area contributed by atoms with E-state index in [0.29, 0.717) is 18.7 Å². The zero-order valence-corrected chi connectivity index (χ0v) is 12.8. The second kappa shape index (κ2) is 7.05. The summed E-state index contributed by atoms with van der Waals surface area (Å²) in [5, 5.41) is 8.79. The van der Waals surface area contributed by atoms with Crippen LogP contribution in [0, 0.1) is 11.8 Å². The third kappa shape index (κ3) is 3.83. The number of sulfonamides is 1. The number of hydrogen-bond donors (Lipinski definition) is 1. The van der Waals surface area contributed by atoms with Crippen LogP contribution < -0.4 is 0 Å². The van der Waals surface area contributed by atoms with E-state index in [-0.39, 0.29) is 17.5 Å². The van der Waals surface area contributed by atoms with Crippen LogP contribution in [-0.2, 0) is 14.8 Å². The van der Waals surface area contributed by atoms with E-state index in [1.165, 1.54) is 4.31 Å². The minimum Gasteiger partial charge on any atom is -0.384 e. The highest BCUT2D eigenvalue weighted by Gasteiger charge is 2.38. The Hall–Kier alpha value is -1.39. The zero-order valence-electron chi connectivity index (χ0n) is 11.9. The van der Waals surface area contributed by atoms with Crippen LogP contribution in [0.2, 0.25) is 0 Å². The van der Waals surface area contributed by atoms with Crippen LogP contribution >= 0.6 is 0 Å². The lowest BCUT2D eigenvalue weighted by Crippen LogP contribution is -2.36. The van der Waals surface area contributed by atoms with E-state index in [2.05, 4.69) is 11.8 Å². The molecule has 0 atom stereocenters. The minimum absolute atomic E-state index is 0.0593. The van der Waals surface area contributed by atoms with Crippen molar-refractivity contribution in [3.05, 3.63) is 29.8 Å². The maximum absolute atomic E-state index is 12.8. The number of rotatable bonds is 6. The molecular formula is C15H19NO4S. The van der Waals surface area contributed by atoms with Gasteiger partial charge in [-0.2, -0.15) is 4.31 Å². The van der Waals surface area contributed by atoms with E-state index in [9.17, 15) is 8.42 Å². The highest BCUT2D eigenvalue weighted by Crippen LogP contribution is 2.32. The Morgan fingerprint density at radius 1 is 1.38 bits per heavy atom. The molecule has 0 unspecified atom stereocenters. The molecule has 0 bridgehead atoms. The van der Waals surface area contributed by atoms with Gasteiger partial charge in [-0.1, -0.05) is 24.0 Å². The quantitative estimate of drug-likeness (QED) is 0.791. The van der Waals surface area contributed by atoms with Gasteiger partial charge in [-0.25, -0.2) is 8.42 Å². The molecule has 0 spiro atoms. The number of benzene rings is 1. The molecule has 1 aromatic rings. The molecule has 0 amide bonds. The third-order valence-electron chi connectivity index (χ3n) is 3.25. The summed E-state index contributed by atoms with van der Waals surface area (Å²) in [7, 11) is -2.05. The molecule has 2 rings (SSSR count). The molecule has 0 aliphatic heterocycles. The van der Waals surface area contributed by atoms with Gasteiger partial charge in [0.05, 0.1) is 11.5 Å². The molecule has 1 fully saturated rings. The van der Waals surface area contributed by atoms with Gasteiger partial charge in [-0.05, 0) is 25.0 Å². The summed E-state index contributed by atoms with van der Waals surface area (Å²) in [4.78, 5) is 0.189. The smallest absolute Gasteiger partial charge is 0.244 e. The Labute approximate surface area is 125 Å². The van der Waals surface area contributed by atoms with E-state index in [1.54, 1.807) is 31.4 Å². The van der Waals surface area contributed by atoms with E-state index < -0.39 is 10.0 Å². The fourth-order valence-corrected chi connectivity index (χ4v) is 3.92. The van der Waals surface area contributed by atoms with Gasteiger partial charge in [-0.3, -0.25) is 0 Å². The van der Waals surface area contributed by atoms with Crippen molar-refractivity contribution < 1.29 is 18.3 Å². The average molecular weight is 309 g/mol. The molecule has 1 aromatic carbocycles. The Morgan fingerprint density at radius 3 is 2.71 bits per heavy atom. The van der Waals surface area contributed by atoms with Crippen molar-refractivity contribution in [3.8, 4) is 11.8 Å². The molecule has 1 aliphatic carbocycles. The summed E-state index contributed by atoms with van der Waals surface area (Å²) in [5.74, 6) is 5.20. The van der Waals surface area contributed by atoms with Gasteiger partial charge in [0.15, 0.2) is 0 Å². The van der Waals surface area contributed by atoms with Gasteiger partial charge in [0, 0.05) is 25.3 Å². The van der Waals surface area contributed by atoms with Crippen molar-refractivity contribution in [2.45, 2.75) is 23.8 Å². The maximum Gasteiger partial charge on any atom is 0.244 e. The average Bonchev–Trinajstić information content (AvgIpc) is 3.30. The Kier molecular flexibility index (Phi) is 5.37. The van der Waals surface area contributed by atoms with Crippen LogP contribution in [0.5, 0.6) is 0 Å². The summed E-state index contributed by atoms with van der Waals surface area (Å²) < 4.78 is 32.2. The van der Waals surface area contributed by atoms with Gasteiger partial charge >= 0.3 is 0 Å². The zero-order chi connectivity index (χ0) is 15.3. The normalized spacial score (nSPS) is 14.8. The molecule has 1 aliphatic rings. The van der Waals surface area contributed by atoms with Crippen LogP contribution in [0.1, 0.15) is 18.4 Å². The van der Waals surface area contributed by atoms with Crippen LogP contribution in [0.15, 0.2) is 29.2 Å². The van der Waals surface area contributed by atoms with E-state index >= 15 is 0 Å². The molecule has 0 aromatic heterocycles. The molecule has 5 nitrogen and oxygen atoms in total. The van der Waals surface area contributed by atoms with Gasteiger partial charge < -0.3 is 9.84 Å². The number of aliphatic hydroxyl groups excluding tert-OH is 1. The summed E-state index contributed by atoms with van der Waals surface area (Å²) in [6.07, 6.45) is 1.76. The maximum atomic E-state index is 12.8. The summed E-state index contributed by atoms with van der Waals surface area (Å²) in [6.45, 7) is 0.399. The number of hydrogen-bond acceptors (Lipinski definition) is 4. The monoisotopic (exact) mass is 309 g/mol. The second-order valence-electron chi connectivity index (χ2n) is 4.80. The first-order chi connectivity index (χ1) is 10.1. The number of aliphatic hydroxyl groups is 1. The molecule has 21 heavy (non-hydrogen) atoms. The third-order valence-corrected chi connectivity index (χ3v) is 5.26. The first kappa shape index (κ1) is 16.0. The van der Waals surface area contributed by atoms with Crippen molar-refractivity contribution >= 4 is 10.0 Å². The minimum atomic E-state index is -3.60. The summed E-state index contributed by atoms with van der Waals surface area (Å²) in [5.41, 5.74) is 0.412. The molecule has 0 radical (unpaired) electrons. The Bertz CT molecular complexity index is 641.